The van der Waals surface area contributed by atoms with Crippen molar-refractivity contribution in [3.8, 4) is 0 Å². The van der Waals surface area contributed by atoms with Crippen LogP contribution in [0, 0.1) is 6.92 Å². The third-order valence-electron chi connectivity index (χ3n) is 2.09. The second kappa shape index (κ2) is 4.47. The van der Waals surface area contributed by atoms with E-state index < -0.39 is 0 Å². The van der Waals surface area contributed by atoms with Gasteiger partial charge in [-0.05, 0) is 31.5 Å². The standard InChI is InChI=1S/C11H15ClN2/c1-8-5-6-10(7-11(8)12)13-9(2)14(3)4/h5-7H,1-4H3. The molecule has 76 valence electrons. The number of aliphatic imine (C=N–C) groups is 1. The van der Waals surface area contributed by atoms with Gasteiger partial charge in [0.15, 0.2) is 0 Å². The summed E-state index contributed by atoms with van der Waals surface area (Å²) in [6, 6.07) is 5.82. The van der Waals surface area contributed by atoms with Crippen LogP contribution in [-0.2, 0) is 0 Å². The highest BCUT2D eigenvalue weighted by Crippen LogP contribution is 2.22. The van der Waals surface area contributed by atoms with E-state index >= 15 is 0 Å². The van der Waals surface area contributed by atoms with E-state index in [1.807, 2.05) is 51.0 Å². The zero-order chi connectivity index (χ0) is 10.7. The van der Waals surface area contributed by atoms with Crippen LogP contribution in [0.4, 0.5) is 5.69 Å². The molecule has 0 saturated carbocycles. The van der Waals surface area contributed by atoms with E-state index in [0.717, 1.165) is 22.1 Å². The summed E-state index contributed by atoms with van der Waals surface area (Å²) >= 11 is 5.99. The summed E-state index contributed by atoms with van der Waals surface area (Å²) < 4.78 is 0. The highest BCUT2D eigenvalue weighted by Gasteiger charge is 1.98. The third kappa shape index (κ3) is 2.74. The van der Waals surface area contributed by atoms with Crippen molar-refractivity contribution in [3.05, 3.63) is 28.8 Å². The smallest absolute Gasteiger partial charge is 0.101 e. The average Bonchev–Trinajstić information content (AvgIpc) is 2.11. The Balaban J connectivity index is 2.98. The van der Waals surface area contributed by atoms with Gasteiger partial charge in [-0.25, -0.2) is 4.99 Å². The number of benzene rings is 1. The molecule has 14 heavy (non-hydrogen) atoms. The summed E-state index contributed by atoms with van der Waals surface area (Å²) in [5.41, 5.74) is 1.97. The first-order valence-electron chi connectivity index (χ1n) is 4.49. The van der Waals surface area contributed by atoms with Crippen molar-refractivity contribution in [2.75, 3.05) is 14.1 Å². The van der Waals surface area contributed by atoms with E-state index in [4.69, 9.17) is 11.6 Å². The third-order valence-corrected chi connectivity index (χ3v) is 2.50. The molecule has 0 bridgehead atoms. The molecule has 0 saturated heterocycles. The van der Waals surface area contributed by atoms with Crippen LogP contribution in [-0.4, -0.2) is 24.8 Å². The maximum Gasteiger partial charge on any atom is 0.101 e. The van der Waals surface area contributed by atoms with Gasteiger partial charge in [-0.1, -0.05) is 17.7 Å². The first-order chi connectivity index (χ1) is 6.50. The summed E-state index contributed by atoms with van der Waals surface area (Å²) in [5.74, 6) is 0.963. The summed E-state index contributed by atoms with van der Waals surface area (Å²) in [5, 5.41) is 0.762. The number of hydrogen-bond donors (Lipinski definition) is 0. The molecule has 2 nitrogen and oxygen atoms in total. The molecule has 0 aliphatic carbocycles. The highest BCUT2D eigenvalue weighted by atomic mass is 35.5. The second-order valence-corrected chi connectivity index (χ2v) is 3.89. The minimum Gasteiger partial charge on any atom is -0.366 e. The fourth-order valence-corrected chi connectivity index (χ4v) is 1.11. The lowest BCUT2D eigenvalue weighted by atomic mass is 10.2. The van der Waals surface area contributed by atoms with Gasteiger partial charge in [0.2, 0.25) is 0 Å². The SMILES string of the molecule is CC(=Nc1ccc(C)c(Cl)c1)N(C)C. The van der Waals surface area contributed by atoms with Gasteiger partial charge in [-0.15, -0.1) is 0 Å². The molecule has 1 aromatic carbocycles. The molecule has 0 aromatic heterocycles. The van der Waals surface area contributed by atoms with Crippen molar-refractivity contribution in [2.45, 2.75) is 13.8 Å². The van der Waals surface area contributed by atoms with Crippen LogP contribution >= 0.6 is 11.6 Å². The molecule has 0 unspecified atom stereocenters. The largest absolute Gasteiger partial charge is 0.366 e. The summed E-state index contributed by atoms with van der Waals surface area (Å²) in [6.07, 6.45) is 0. The summed E-state index contributed by atoms with van der Waals surface area (Å²) in [7, 11) is 3.93. The average molecular weight is 211 g/mol. The minimum atomic E-state index is 0.762. The molecule has 0 N–H and O–H groups in total. The van der Waals surface area contributed by atoms with Gasteiger partial charge in [0, 0.05) is 19.1 Å². The summed E-state index contributed by atoms with van der Waals surface area (Å²) in [4.78, 5) is 6.38. The number of amidine groups is 1. The van der Waals surface area contributed by atoms with Crippen LogP contribution in [0.25, 0.3) is 0 Å². The molecule has 1 aromatic rings. The lowest BCUT2D eigenvalue weighted by Gasteiger charge is -2.11. The quantitative estimate of drug-likeness (QED) is 0.513. The van der Waals surface area contributed by atoms with E-state index in [0.29, 0.717) is 0 Å². The number of rotatable bonds is 1. The maximum absolute atomic E-state index is 5.99. The molecule has 0 fully saturated rings. The Hall–Kier alpha value is -1.02. The lowest BCUT2D eigenvalue weighted by Crippen LogP contribution is -2.17. The minimum absolute atomic E-state index is 0.762. The van der Waals surface area contributed by atoms with Crippen LogP contribution < -0.4 is 0 Å². The normalized spacial score (nSPS) is 11.6. The van der Waals surface area contributed by atoms with E-state index in [2.05, 4.69) is 4.99 Å². The first-order valence-corrected chi connectivity index (χ1v) is 4.87. The van der Waals surface area contributed by atoms with Crippen LogP contribution in [0.3, 0.4) is 0 Å². The Morgan fingerprint density at radius 3 is 2.50 bits per heavy atom. The van der Waals surface area contributed by atoms with E-state index in [1.165, 1.54) is 0 Å². The molecular weight excluding hydrogens is 196 g/mol. The van der Waals surface area contributed by atoms with Crippen LogP contribution in [0.5, 0.6) is 0 Å². The van der Waals surface area contributed by atoms with Gasteiger partial charge >= 0.3 is 0 Å². The Morgan fingerprint density at radius 2 is 2.00 bits per heavy atom. The second-order valence-electron chi connectivity index (χ2n) is 3.49. The zero-order valence-electron chi connectivity index (χ0n) is 9.00. The van der Waals surface area contributed by atoms with Crippen molar-refractivity contribution in [3.63, 3.8) is 0 Å². The Morgan fingerprint density at radius 1 is 1.36 bits per heavy atom. The van der Waals surface area contributed by atoms with Crippen molar-refractivity contribution < 1.29 is 0 Å². The number of hydrogen-bond acceptors (Lipinski definition) is 1. The van der Waals surface area contributed by atoms with E-state index in [-0.39, 0.29) is 0 Å². The fourth-order valence-electron chi connectivity index (χ4n) is 0.938. The first kappa shape index (κ1) is 11.1. The Kier molecular flexibility index (Phi) is 3.53. The predicted octanol–water partition coefficient (Wildman–Crippen LogP) is 3.26. The molecule has 0 heterocycles. The molecule has 0 spiro atoms. The van der Waals surface area contributed by atoms with Crippen molar-refractivity contribution in [1.29, 1.82) is 0 Å². The molecule has 0 aliphatic rings. The van der Waals surface area contributed by atoms with Gasteiger partial charge in [-0.3, -0.25) is 0 Å². The van der Waals surface area contributed by atoms with E-state index in [9.17, 15) is 0 Å². The molecule has 0 radical (unpaired) electrons. The van der Waals surface area contributed by atoms with Gasteiger partial charge < -0.3 is 4.90 Å². The number of halogens is 1. The topological polar surface area (TPSA) is 15.6 Å². The van der Waals surface area contributed by atoms with Crippen LogP contribution in [0.15, 0.2) is 23.2 Å². The van der Waals surface area contributed by atoms with Gasteiger partial charge in [-0.2, -0.15) is 0 Å². The molecule has 0 amide bonds. The summed E-state index contributed by atoms with van der Waals surface area (Å²) in [6.45, 7) is 3.95. The van der Waals surface area contributed by atoms with E-state index in [1.54, 1.807) is 0 Å². The Labute approximate surface area is 90.2 Å². The molecule has 1 rings (SSSR count). The van der Waals surface area contributed by atoms with Gasteiger partial charge in [0.05, 0.1) is 5.69 Å². The molecule has 0 aliphatic heterocycles. The monoisotopic (exact) mass is 210 g/mol. The molecule has 3 heteroatoms. The maximum atomic E-state index is 5.99. The number of aryl methyl sites for hydroxylation is 1. The lowest BCUT2D eigenvalue weighted by molar-refractivity contribution is 0.619. The molecular formula is C11H15ClN2. The van der Waals surface area contributed by atoms with Gasteiger partial charge in [0.1, 0.15) is 5.84 Å². The predicted molar refractivity (Wildman–Crippen MR) is 62.6 cm³/mol. The molecule has 0 atom stereocenters. The van der Waals surface area contributed by atoms with Gasteiger partial charge in [0.25, 0.3) is 0 Å². The number of nitrogens with zero attached hydrogens (tertiary/aromatic N) is 2. The van der Waals surface area contributed by atoms with Crippen molar-refractivity contribution in [1.82, 2.24) is 4.90 Å². The fraction of sp³-hybridized carbons (Fsp3) is 0.364. The Bertz CT molecular complexity index is 356. The van der Waals surface area contributed by atoms with Crippen molar-refractivity contribution >= 4 is 23.1 Å². The van der Waals surface area contributed by atoms with Crippen LogP contribution in [0.1, 0.15) is 12.5 Å². The van der Waals surface area contributed by atoms with Crippen molar-refractivity contribution in [2.24, 2.45) is 4.99 Å². The zero-order valence-corrected chi connectivity index (χ0v) is 9.76. The van der Waals surface area contributed by atoms with Crippen LogP contribution in [0.2, 0.25) is 5.02 Å². The highest BCUT2D eigenvalue weighted by molar-refractivity contribution is 6.31.